The van der Waals surface area contributed by atoms with E-state index in [1.807, 2.05) is 18.2 Å². The molecule has 1 N–H and O–H groups in total. The molecule has 0 bridgehead atoms. The van der Waals surface area contributed by atoms with Crippen LogP contribution in [0.25, 0.3) is 10.2 Å². The summed E-state index contributed by atoms with van der Waals surface area (Å²) in [6.45, 7) is 3.56. The van der Waals surface area contributed by atoms with Crippen molar-refractivity contribution < 1.29 is 9.53 Å². The number of likely N-dealkylation sites (tertiary alicyclic amines) is 1. The van der Waals surface area contributed by atoms with Crippen LogP contribution in [-0.2, 0) is 4.74 Å². The Bertz CT molecular complexity index is 681. The third-order valence-electron chi connectivity index (χ3n) is 4.57. The second-order valence-corrected chi connectivity index (χ2v) is 6.85. The summed E-state index contributed by atoms with van der Waals surface area (Å²) in [5.74, 6) is -0.0185. The van der Waals surface area contributed by atoms with Gasteiger partial charge in [0.05, 0.1) is 41.0 Å². The highest BCUT2D eigenvalue weighted by molar-refractivity contribution is 7.16. The van der Waals surface area contributed by atoms with Crippen LogP contribution in [0.2, 0.25) is 0 Å². The lowest BCUT2D eigenvalue weighted by atomic mass is 10.1. The summed E-state index contributed by atoms with van der Waals surface area (Å²) in [4.78, 5) is 19.2. The van der Waals surface area contributed by atoms with Crippen LogP contribution < -0.4 is 5.32 Å². The molecule has 2 aliphatic rings. The first-order chi connectivity index (χ1) is 10.8. The summed E-state index contributed by atoms with van der Waals surface area (Å²) in [5, 5.41) is 3.16. The molecule has 2 aromatic rings. The molecular formula is C16H19N3O2S. The van der Waals surface area contributed by atoms with Gasteiger partial charge < -0.3 is 10.1 Å². The summed E-state index contributed by atoms with van der Waals surface area (Å²) in [7, 11) is 0. The zero-order chi connectivity index (χ0) is 14.9. The van der Waals surface area contributed by atoms with Crippen LogP contribution in [0.15, 0.2) is 23.7 Å². The van der Waals surface area contributed by atoms with E-state index in [2.05, 4.69) is 15.2 Å². The van der Waals surface area contributed by atoms with Crippen molar-refractivity contribution in [3.05, 3.63) is 29.3 Å². The number of nitrogens with one attached hydrogen (secondary N) is 1. The minimum atomic E-state index is -0.0185. The highest BCUT2D eigenvalue weighted by Gasteiger charge is 2.35. The summed E-state index contributed by atoms with van der Waals surface area (Å²) in [5.41, 5.74) is 3.45. The fourth-order valence-corrected chi connectivity index (χ4v) is 4.08. The lowest BCUT2D eigenvalue weighted by molar-refractivity contribution is 0.0917. The van der Waals surface area contributed by atoms with Crippen LogP contribution >= 0.6 is 11.3 Å². The smallest absolute Gasteiger partial charge is 0.251 e. The monoisotopic (exact) mass is 317 g/mol. The molecule has 116 valence electrons. The molecule has 6 heteroatoms. The number of amides is 1. The van der Waals surface area contributed by atoms with Gasteiger partial charge in [-0.1, -0.05) is 0 Å². The van der Waals surface area contributed by atoms with Gasteiger partial charge in [-0.3, -0.25) is 9.69 Å². The number of benzene rings is 1. The second kappa shape index (κ2) is 5.95. The van der Waals surface area contributed by atoms with E-state index in [0.29, 0.717) is 18.2 Å². The van der Waals surface area contributed by atoms with E-state index in [1.54, 1.807) is 16.8 Å². The van der Waals surface area contributed by atoms with Crippen molar-refractivity contribution in [3.8, 4) is 0 Å². The molecular weight excluding hydrogens is 298 g/mol. The highest BCUT2D eigenvalue weighted by atomic mass is 32.1. The Kier molecular flexibility index (Phi) is 3.82. The van der Waals surface area contributed by atoms with E-state index in [-0.39, 0.29) is 11.9 Å². The van der Waals surface area contributed by atoms with E-state index < -0.39 is 0 Å². The Morgan fingerprint density at radius 1 is 1.32 bits per heavy atom. The molecule has 1 aromatic carbocycles. The van der Waals surface area contributed by atoms with Crippen LogP contribution in [0.1, 0.15) is 23.2 Å². The fraction of sp³-hybridized carbons (Fsp3) is 0.500. The van der Waals surface area contributed by atoms with E-state index in [1.165, 1.54) is 12.8 Å². The first-order valence-corrected chi connectivity index (χ1v) is 8.65. The van der Waals surface area contributed by atoms with Gasteiger partial charge >= 0.3 is 0 Å². The van der Waals surface area contributed by atoms with Crippen molar-refractivity contribution in [3.63, 3.8) is 0 Å². The number of rotatable bonds is 3. The lowest BCUT2D eigenvalue weighted by Gasteiger charge is -2.27. The van der Waals surface area contributed by atoms with E-state index in [4.69, 9.17) is 4.74 Å². The van der Waals surface area contributed by atoms with Crippen LogP contribution in [0.3, 0.4) is 0 Å². The molecule has 0 unspecified atom stereocenters. The minimum absolute atomic E-state index is 0.0185. The molecule has 2 saturated heterocycles. The predicted molar refractivity (Wildman–Crippen MR) is 86.3 cm³/mol. The molecule has 0 spiro atoms. The number of hydrogen-bond donors (Lipinski definition) is 1. The molecule has 0 radical (unpaired) electrons. The zero-order valence-electron chi connectivity index (χ0n) is 12.3. The molecule has 2 fully saturated rings. The van der Waals surface area contributed by atoms with Gasteiger partial charge in [0.15, 0.2) is 0 Å². The van der Waals surface area contributed by atoms with Gasteiger partial charge in [-0.05, 0) is 44.1 Å². The van der Waals surface area contributed by atoms with Crippen molar-refractivity contribution in [1.82, 2.24) is 15.2 Å². The Hall–Kier alpha value is -1.50. The number of fused-ring (bicyclic) bond motifs is 1. The number of hydrogen-bond acceptors (Lipinski definition) is 5. The van der Waals surface area contributed by atoms with Crippen molar-refractivity contribution in [2.75, 3.05) is 26.3 Å². The average molecular weight is 317 g/mol. The largest absolute Gasteiger partial charge is 0.378 e. The normalized spacial score (nSPS) is 25.8. The number of nitrogens with zero attached hydrogens (tertiary/aromatic N) is 2. The van der Waals surface area contributed by atoms with Crippen molar-refractivity contribution in [1.29, 1.82) is 0 Å². The zero-order valence-corrected chi connectivity index (χ0v) is 13.1. The van der Waals surface area contributed by atoms with Gasteiger partial charge in [-0.15, -0.1) is 11.3 Å². The lowest BCUT2D eigenvalue weighted by Crippen LogP contribution is -2.50. The quantitative estimate of drug-likeness (QED) is 0.939. The van der Waals surface area contributed by atoms with E-state index in [0.717, 1.165) is 29.9 Å². The molecule has 2 atom stereocenters. The number of ether oxygens (including phenoxy) is 1. The molecule has 1 amide bonds. The minimum Gasteiger partial charge on any atom is -0.378 e. The highest BCUT2D eigenvalue weighted by Crippen LogP contribution is 2.21. The summed E-state index contributed by atoms with van der Waals surface area (Å²) in [6, 6.07) is 6.08. The maximum absolute atomic E-state index is 12.5. The Balaban J connectivity index is 1.48. The molecule has 4 rings (SSSR count). The third kappa shape index (κ3) is 2.62. The molecule has 3 heterocycles. The first kappa shape index (κ1) is 14.1. The molecule has 1 aromatic heterocycles. The van der Waals surface area contributed by atoms with Gasteiger partial charge in [-0.25, -0.2) is 4.98 Å². The summed E-state index contributed by atoms with van der Waals surface area (Å²) >= 11 is 1.56. The van der Waals surface area contributed by atoms with Gasteiger partial charge in [-0.2, -0.15) is 0 Å². The van der Waals surface area contributed by atoms with Crippen molar-refractivity contribution in [2.24, 2.45) is 0 Å². The molecule has 0 saturated carbocycles. The standard InChI is InChI=1S/C16H19N3O2S/c20-16(11-3-4-12-15(7-11)22-10-17-12)18-13-8-21-9-14(13)19-5-1-2-6-19/h3-4,7,10,13-14H,1-2,5-6,8-9H2,(H,18,20)/t13-,14-/m1/s1. The maximum atomic E-state index is 12.5. The molecule has 2 aliphatic heterocycles. The summed E-state index contributed by atoms with van der Waals surface area (Å²) in [6.07, 6.45) is 2.50. The SMILES string of the molecule is O=C(N[C@@H]1COC[C@H]1N1CCCC1)c1ccc2ncsc2c1. The fourth-order valence-electron chi connectivity index (χ4n) is 3.36. The van der Waals surface area contributed by atoms with E-state index in [9.17, 15) is 4.79 Å². The van der Waals surface area contributed by atoms with Crippen LogP contribution in [0.5, 0.6) is 0 Å². The maximum Gasteiger partial charge on any atom is 0.251 e. The van der Waals surface area contributed by atoms with Gasteiger partial charge in [0.25, 0.3) is 5.91 Å². The predicted octanol–water partition coefficient (Wildman–Crippen LogP) is 1.89. The van der Waals surface area contributed by atoms with Gasteiger partial charge in [0, 0.05) is 5.56 Å². The second-order valence-electron chi connectivity index (χ2n) is 5.96. The van der Waals surface area contributed by atoms with Crippen LogP contribution in [0.4, 0.5) is 0 Å². The van der Waals surface area contributed by atoms with Gasteiger partial charge in [0.1, 0.15) is 0 Å². The van der Waals surface area contributed by atoms with Crippen molar-refractivity contribution >= 4 is 27.5 Å². The van der Waals surface area contributed by atoms with Crippen LogP contribution in [0, 0.1) is 0 Å². The molecule has 22 heavy (non-hydrogen) atoms. The molecule has 5 nitrogen and oxygen atoms in total. The number of carbonyl (C=O) groups excluding carboxylic acids is 1. The summed E-state index contributed by atoms with van der Waals surface area (Å²) < 4.78 is 6.66. The number of aromatic nitrogens is 1. The van der Waals surface area contributed by atoms with Crippen LogP contribution in [-0.4, -0.2) is 54.2 Å². The number of thiazole rings is 1. The Morgan fingerprint density at radius 2 is 2.18 bits per heavy atom. The average Bonchev–Trinajstić information content (AvgIpc) is 3.27. The van der Waals surface area contributed by atoms with Gasteiger partial charge in [0.2, 0.25) is 0 Å². The number of carbonyl (C=O) groups is 1. The topological polar surface area (TPSA) is 54.5 Å². The van der Waals surface area contributed by atoms with E-state index >= 15 is 0 Å². The van der Waals surface area contributed by atoms with Crippen molar-refractivity contribution in [2.45, 2.75) is 24.9 Å². The first-order valence-electron chi connectivity index (χ1n) is 7.77. The Morgan fingerprint density at radius 3 is 3.05 bits per heavy atom. The Labute approximate surface area is 133 Å². The third-order valence-corrected chi connectivity index (χ3v) is 5.36. The molecule has 0 aliphatic carbocycles.